The summed E-state index contributed by atoms with van der Waals surface area (Å²) >= 11 is 4.93. The lowest BCUT2D eigenvalue weighted by Crippen LogP contribution is -2.16. The van der Waals surface area contributed by atoms with E-state index in [1.165, 1.54) is 0 Å². The lowest BCUT2D eigenvalue weighted by molar-refractivity contribution is -0.143. The van der Waals surface area contributed by atoms with Crippen LogP contribution in [-0.4, -0.2) is 5.24 Å². The molecule has 1 rings (SSSR count). The van der Waals surface area contributed by atoms with E-state index in [-0.39, 0.29) is 6.07 Å². The van der Waals surface area contributed by atoms with Crippen LogP contribution in [0.5, 0.6) is 0 Å². The van der Waals surface area contributed by atoms with E-state index in [0.29, 0.717) is 6.07 Å². The molecule has 0 heterocycles. The molecule has 1 aromatic rings. The SMILES string of the molecule is Cc1cc(C(=O)Cl)c(C(F)(F)F)cc1C(F)(F)F. The number of benzene rings is 1. The third kappa shape index (κ3) is 2.95. The second kappa shape index (κ2) is 4.46. The molecule has 0 aromatic heterocycles. The summed E-state index contributed by atoms with van der Waals surface area (Å²) < 4.78 is 75.0. The predicted octanol–water partition coefficient (Wildman–Crippen LogP) is 4.41. The highest BCUT2D eigenvalue weighted by Gasteiger charge is 2.40. The van der Waals surface area contributed by atoms with Crippen molar-refractivity contribution in [2.24, 2.45) is 0 Å². The maximum absolute atomic E-state index is 12.5. The van der Waals surface area contributed by atoms with Gasteiger partial charge in [0.05, 0.1) is 11.1 Å². The first-order valence-corrected chi connectivity index (χ1v) is 4.81. The minimum atomic E-state index is -5.09. The second-order valence-electron chi connectivity index (χ2n) is 3.48. The third-order valence-electron chi connectivity index (χ3n) is 2.19. The first-order chi connectivity index (χ1) is 7.94. The molecule has 1 aromatic carbocycles. The predicted molar refractivity (Wildman–Crippen MR) is 51.4 cm³/mol. The summed E-state index contributed by atoms with van der Waals surface area (Å²) in [6.07, 6.45) is -10.0. The zero-order valence-corrected chi connectivity index (χ0v) is 9.46. The van der Waals surface area contributed by atoms with E-state index in [0.717, 1.165) is 6.92 Å². The summed E-state index contributed by atoms with van der Waals surface area (Å²) in [7, 11) is 0. The highest BCUT2D eigenvalue weighted by atomic mass is 35.5. The lowest BCUT2D eigenvalue weighted by atomic mass is 9.99. The summed E-state index contributed by atoms with van der Waals surface area (Å²) in [6.45, 7) is 0.951. The van der Waals surface area contributed by atoms with Crippen LogP contribution in [0.25, 0.3) is 0 Å². The Morgan fingerprint density at radius 1 is 1.00 bits per heavy atom. The van der Waals surface area contributed by atoms with E-state index >= 15 is 0 Å². The largest absolute Gasteiger partial charge is 0.417 e. The molecule has 0 saturated carbocycles. The summed E-state index contributed by atoms with van der Waals surface area (Å²) in [4.78, 5) is 10.8. The van der Waals surface area contributed by atoms with Gasteiger partial charge in [-0.3, -0.25) is 4.79 Å². The van der Waals surface area contributed by atoms with Crippen molar-refractivity contribution < 1.29 is 31.1 Å². The molecule has 0 radical (unpaired) electrons. The molecule has 0 amide bonds. The molecule has 0 bridgehead atoms. The number of alkyl halides is 6. The number of aryl methyl sites for hydroxylation is 1. The van der Waals surface area contributed by atoms with E-state index in [9.17, 15) is 31.1 Å². The van der Waals surface area contributed by atoms with Crippen molar-refractivity contribution in [2.75, 3.05) is 0 Å². The minimum absolute atomic E-state index is 0.106. The number of halogens is 7. The summed E-state index contributed by atoms with van der Waals surface area (Å²) in [5.41, 5.74) is -4.63. The Hall–Kier alpha value is -1.24. The molecular formula is C10H5ClF6O. The molecule has 0 aliphatic rings. The molecular weight excluding hydrogens is 286 g/mol. The molecule has 0 atom stereocenters. The van der Waals surface area contributed by atoms with Crippen molar-refractivity contribution in [3.8, 4) is 0 Å². The lowest BCUT2D eigenvalue weighted by Gasteiger charge is -2.16. The van der Waals surface area contributed by atoms with E-state index < -0.39 is 39.8 Å². The Kier molecular flexibility index (Phi) is 3.67. The number of rotatable bonds is 1. The minimum Gasteiger partial charge on any atom is -0.276 e. The maximum Gasteiger partial charge on any atom is 0.417 e. The topological polar surface area (TPSA) is 17.1 Å². The molecule has 0 unspecified atom stereocenters. The summed E-state index contributed by atoms with van der Waals surface area (Å²) in [5.74, 6) is 0. The normalized spacial score (nSPS) is 12.7. The fraction of sp³-hybridized carbons (Fsp3) is 0.300. The van der Waals surface area contributed by atoms with Crippen molar-refractivity contribution >= 4 is 16.8 Å². The fourth-order valence-corrected chi connectivity index (χ4v) is 1.57. The van der Waals surface area contributed by atoms with Gasteiger partial charge in [0.1, 0.15) is 0 Å². The molecule has 8 heteroatoms. The molecule has 0 aliphatic carbocycles. The van der Waals surface area contributed by atoms with Crippen molar-refractivity contribution in [3.63, 3.8) is 0 Å². The third-order valence-corrected chi connectivity index (χ3v) is 2.39. The maximum atomic E-state index is 12.5. The second-order valence-corrected chi connectivity index (χ2v) is 3.83. The Labute approximate surface area is 102 Å². The molecule has 0 spiro atoms. The van der Waals surface area contributed by atoms with E-state index in [1.807, 2.05) is 0 Å². The van der Waals surface area contributed by atoms with Crippen LogP contribution in [0.15, 0.2) is 12.1 Å². The van der Waals surface area contributed by atoms with Crippen LogP contribution in [0.1, 0.15) is 27.0 Å². The smallest absolute Gasteiger partial charge is 0.276 e. The van der Waals surface area contributed by atoms with Gasteiger partial charge in [-0.2, -0.15) is 26.3 Å². The van der Waals surface area contributed by atoms with Gasteiger partial charge in [0.15, 0.2) is 0 Å². The van der Waals surface area contributed by atoms with Crippen molar-refractivity contribution in [1.29, 1.82) is 0 Å². The number of carbonyl (C=O) groups excluding carboxylic acids is 1. The molecule has 0 N–H and O–H groups in total. The van der Waals surface area contributed by atoms with Gasteiger partial charge in [-0.25, -0.2) is 0 Å². The first-order valence-electron chi connectivity index (χ1n) is 4.43. The summed E-state index contributed by atoms with van der Waals surface area (Å²) in [6, 6.07) is 0.381. The molecule has 18 heavy (non-hydrogen) atoms. The standard InChI is InChI=1S/C10H5ClF6O/c1-4-2-5(8(11)18)7(10(15,16)17)3-6(4)9(12,13)14/h2-3H,1H3. The van der Waals surface area contributed by atoms with Gasteiger partial charge >= 0.3 is 12.4 Å². The molecule has 1 nitrogen and oxygen atoms in total. The van der Waals surface area contributed by atoms with Crippen LogP contribution in [0.2, 0.25) is 0 Å². The van der Waals surface area contributed by atoms with Crippen LogP contribution in [-0.2, 0) is 12.4 Å². The molecule has 0 aliphatic heterocycles. The zero-order chi connectivity index (χ0) is 14.3. The van der Waals surface area contributed by atoms with Crippen molar-refractivity contribution in [1.82, 2.24) is 0 Å². The summed E-state index contributed by atoms with van der Waals surface area (Å²) in [5, 5.41) is -1.46. The van der Waals surface area contributed by atoms with Gasteiger partial charge in [0.25, 0.3) is 5.24 Å². The van der Waals surface area contributed by atoms with Crippen LogP contribution in [0.3, 0.4) is 0 Å². The van der Waals surface area contributed by atoms with E-state index in [4.69, 9.17) is 11.6 Å². The van der Waals surface area contributed by atoms with Crippen molar-refractivity contribution in [2.45, 2.75) is 19.3 Å². The van der Waals surface area contributed by atoms with Gasteiger partial charge in [-0.1, -0.05) is 0 Å². The van der Waals surface area contributed by atoms with Gasteiger partial charge in [-0.05, 0) is 36.2 Å². The first kappa shape index (κ1) is 14.8. The van der Waals surface area contributed by atoms with Gasteiger partial charge in [0, 0.05) is 5.56 Å². The van der Waals surface area contributed by atoms with Crippen LogP contribution in [0.4, 0.5) is 26.3 Å². The highest BCUT2D eigenvalue weighted by molar-refractivity contribution is 6.68. The van der Waals surface area contributed by atoms with Crippen LogP contribution >= 0.6 is 11.6 Å². The van der Waals surface area contributed by atoms with Crippen LogP contribution in [0, 0.1) is 6.92 Å². The monoisotopic (exact) mass is 290 g/mol. The fourth-order valence-electron chi connectivity index (χ4n) is 1.41. The zero-order valence-electron chi connectivity index (χ0n) is 8.71. The average Bonchev–Trinajstić information content (AvgIpc) is 2.12. The average molecular weight is 291 g/mol. The van der Waals surface area contributed by atoms with E-state index in [2.05, 4.69) is 0 Å². The highest BCUT2D eigenvalue weighted by Crippen LogP contribution is 2.39. The van der Waals surface area contributed by atoms with Gasteiger partial charge in [0.2, 0.25) is 0 Å². The molecule has 100 valence electrons. The van der Waals surface area contributed by atoms with E-state index in [1.54, 1.807) is 0 Å². The Balaban J connectivity index is 3.62. The Bertz CT molecular complexity index is 488. The van der Waals surface area contributed by atoms with Crippen LogP contribution < -0.4 is 0 Å². The number of carbonyl (C=O) groups is 1. The van der Waals surface area contributed by atoms with Gasteiger partial charge < -0.3 is 0 Å². The molecule has 0 saturated heterocycles. The number of hydrogen-bond donors (Lipinski definition) is 0. The van der Waals surface area contributed by atoms with Crippen molar-refractivity contribution in [3.05, 3.63) is 34.4 Å². The Morgan fingerprint density at radius 2 is 1.44 bits per heavy atom. The molecule has 0 fully saturated rings. The van der Waals surface area contributed by atoms with Gasteiger partial charge in [-0.15, -0.1) is 0 Å². The Morgan fingerprint density at radius 3 is 1.78 bits per heavy atom. The quantitative estimate of drug-likeness (QED) is 0.553. The number of hydrogen-bond acceptors (Lipinski definition) is 1.